The summed E-state index contributed by atoms with van der Waals surface area (Å²) in [4.78, 5) is 24.5. The fourth-order valence-electron chi connectivity index (χ4n) is 5.02. The van der Waals surface area contributed by atoms with Crippen molar-refractivity contribution < 1.29 is 4.74 Å². The maximum absolute atomic E-state index is 6.17. The number of fused-ring (bicyclic) bond motifs is 2. The van der Waals surface area contributed by atoms with Gasteiger partial charge in [-0.15, -0.1) is 11.3 Å². The Morgan fingerprint density at radius 2 is 1.83 bits per heavy atom. The van der Waals surface area contributed by atoms with Crippen LogP contribution in [-0.2, 0) is 4.74 Å². The van der Waals surface area contributed by atoms with Crippen molar-refractivity contribution in [2.24, 2.45) is 0 Å². The predicted molar refractivity (Wildman–Crippen MR) is 139 cm³/mol. The number of benzene rings is 1. The first-order valence-corrected chi connectivity index (χ1v) is 13.4. The van der Waals surface area contributed by atoms with Gasteiger partial charge in [-0.05, 0) is 58.6 Å². The summed E-state index contributed by atoms with van der Waals surface area (Å²) in [5.74, 6) is 0.984. The molecule has 182 valence electrons. The first kappa shape index (κ1) is 21.9. The van der Waals surface area contributed by atoms with E-state index in [1.165, 1.54) is 17.5 Å². The van der Waals surface area contributed by atoms with E-state index in [-0.39, 0.29) is 12.0 Å². The summed E-state index contributed by atoms with van der Waals surface area (Å²) in [5, 5.41) is 5.63. The lowest BCUT2D eigenvalue weighted by molar-refractivity contribution is 0.00396. The Kier molecular flexibility index (Phi) is 5.11. The minimum absolute atomic E-state index is 0.000772. The topological polar surface area (TPSA) is 91.5 Å². The highest BCUT2D eigenvalue weighted by molar-refractivity contribution is 7.18. The summed E-state index contributed by atoms with van der Waals surface area (Å²) < 4.78 is 9.43. The van der Waals surface area contributed by atoms with Crippen LogP contribution in [0, 0.1) is 20.8 Å². The van der Waals surface area contributed by atoms with Crippen molar-refractivity contribution in [2.75, 3.05) is 6.61 Å². The molecule has 1 saturated heterocycles. The average molecular weight is 498 g/mol. The first-order valence-electron chi connectivity index (χ1n) is 12.6. The third-order valence-corrected chi connectivity index (χ3v) is 8.24. The van der Waals surface area contributed by atoms with Crippen LogP contribution in [0.3, 0.4) is 0 Å². The molecule has 5 heterocycles. The van der Waals surface area contributed by atoms with Crippen LogP contribution in [0.1, 0.15) is 71.5 Å². The second kappa shape index (κ2) is 8.38. The molecule has 2 atom stereocenters. The smallest absolute Gasteiger partial charge is 0.182 e. The molecule has 2 fully saturated rings. The molecule has 0 amide bonds. The van der Waals surface area contributed by atoms with Crippen LogP contribution in [0.2, 0.25) is 0 Å². The van der Waals surface area contributed by atoms with Crippen LogP contribution in [0.25, 0.3) is 32.6 Å². The maximum atomic E-state index is 6.17. The average Bonchev–Trinajstić information content (AvgIpc) is 3.48. The van der Waals surface area contributed by atoms with Gasteiger partial charge in [0, 0.05) is 29.8 Å². The second-order valence-electron chi connectivity index (χ2n) is 9.98. The lowest BCUT2D eigenvalue weighted by atomic mass is 9.92. The minimum atomic E-state index is -0.000772. The molecule has 9 heteroatoms. The van der Waals surface area contributed by atoms with E-state index in [9.17, 15) is 0 Å². The van der Waals surface area contributed by atoms with E-state index in [1.54, 1.807) is 11.3 Å². The molecule has 8 nitrogen and oxygen atoms in total. The van der Waals surface area contributed by atoms with Crippen LogP contribution < -0.4 is 0 Å². The Balaban J connectivity index is 1.30. The van der Waals surface area contributed by atoms with Crippen molar-refractivity contribution in [3.05, 3.63) is 58.4 Å². The van der Waals surface area contributed by atoms with Gasteiger partial charge in [-0.1, -0.05) is 6.07 Å². The molecular formula is C27H27N7OS. The van der Waals surface area contributed by atoms with E-state index in [0.717, 1.165) is 62.9 Å². The highest BCUT2D eigenvalue weighted by atomic mass is 32.1. The molecule has 5 aromatic rings. The van der Waals surface area contributed by atoms with Crippen molar-refractivity contribution in [3.8, 4) is 11.3 Å². The number of rotatable bonds is 4. The molecule has 2 aliphatic rings. The molecule has 0 unspecified atom stereocenters. The van der Waals surface area contributed by atoms with Gasteiger partial charge in [0.1, 0.15) is 17.0 Å². The minimum Gasteiger partial charge on any atom is -0.373 e. The Morgan fingerprint density at radius 1 is 0.972 bits per heavy atom. The van der Waals surface area contributed by atoms with Crippen LogP contribution in [0.15, 0.2) is 30.6 Å². The molecule has 1 aromatic carbocycles. The lowest BCUT2D eigenvalue weighted by Gasteiger charge is -2.28. The van der Waals surface area contributed by atoms with Crippen LogP contribution >= 0.6 is 11.3 Å². The number of hydrogen-bond acceptors (Lipinski definition) is 8. The number of nitrogens with zero attached hydrogens (tertiary/aromatic N) is 7. The van der Waals surface area contributed by atoms with E-state index in [2.05, 4.69) is 34.2 Å². The summed E-state index contributed by atoms with van der Waals surface area (Å²) in [6.45, 7) is 6.67. The zero-order chi connectivity index (χ0) is 24.4. The number of aryl methyl sites for hydroxylation is 3. The number of hydrogen-bond donors (Lipinski definition) is 0. The zero-order valence-electron chi connectivity index (χ0n) is 20.6. The van der Waals surface area contributed by atoms with E-state index in [1.807, 2.05) is 27.0 Å². The summed E-state index contributed by atoms with van der Waals surface area (Å²) in [6.07, 6.45) is 8.25. The van der Waals surface area contributed by atoms with Crippen LogP contribution in [0.5, 0.6) is 0 Å². The Morgan fingerprint density at radius 3 is 2.69 bits per heavy atom. The summed E-state index contributed by atoms with van der Waals surface area (Å²) >= 11 is 1.70. The quantitative estimate of drug-likeness (QED) is 0.310. The molecule has 1 aliphatic heterocycles. The third kappa shape index (κ3) is 3.87. The van der Waals surface area contributed by atoms with Gasteiger partial charge in [0.15, 0.2) is 5.65 Å². The van der Waals surface area contributed by atoms with E-state index < -0.39 is 0 Å². The highest BCUT2D eigenvalue weighted by Gasteiger charge is 2.31. The molecule has 0 spiro atoms. The molecular weight excluding hydrogens is 470 g/mol. The standard InChI is InChI=1S/C27H27N7OS/c1-14-15(2)30-27-25(29-14)24(17-4-7-23-21(10-17)31-16(3)36-23)32-26(33-27)18-8-9-35-22(11-18)19-12-28-34(13-19)20-5-6-20/h4,7,10,12-13,18,20,22H,5-6,8-9,11H2,1-3H3/t18-,22-/m1/s1. The third-order valence-electron chi connectivity index (χ3n) is 7.29. The van der Waals surface area contributed by atoms with Crippen molar-refractivity contribution in [2.45, 2.75) is 64.5 Å². The van der Waals surface area contributed by atoms with E-state index >= 15 is 0 Å². The van der Waals surface area contributed by atoms with Gasteiger partial charge >= 0.3 is 0 Å². The summed E-state index contributed by atoms with van der Waals surface area (Å²) in [7, 11) is 0. The molecule has 0 bridgehead atoms. The van der Waals surface area contributed by atoms with Crippen molar-refractivity contribution in [1.29, 1.82) is 0 Å². The predicted octanol–water partition coefficient (Wildman–Crippen LogP) is 5.79. The molecule has 0 radical (unpaired) electrons. The van der Waals surface area contributed by atoms with Crippen molar-refractivity contribution in [1.82, 2.24) is 34.7 Å². The zero-order valence-corrected chi connectivity index (χ0v) is 21.4. The van der Waals surface area contributed by atoms with Crippen LogP contribution in [-0.4, -0.2) is 41.3 Å². The monoisotopic (exact) mass is 497 g/mol. The van der Waals surface area contributed by atoms with Crippen molar-refractivity contribution >= 4 is 32.7 Å². The lowest BCUT2D eigenvalue weighted by Crippen LogP contribution is -2.20. The van der Waals surface area contributed by atoms with Crippen molar-refractivity contribution in [3.63, 3.8) is 0 Å². The van der Waals surface area contributed by atoms with Gasteiger partial charge in [-0.3, -0.25) is 4.68 Å². The maximum Gasteiger partial charge on any atom is 0.182 e. The second-order valence-corrected chi connectivity index (χ2v) is 11.2. The Bertz CT molecular complexity index is 1620. The fraction of sp³-hybridized carbons (Fsp3) is 0.407. The number of thiazole rings is 1. The number of ether oxygens (including phenoxy) is 1. The largest absolute Gasteiger partial charge is 0.373 e. The Hall–Kier alpha value is -3.30. The molecule has 36 heavy (non-hydrogen) atoms. The Labute approximate surface area is 212 Å². The van der Waals surface area contributed by atoms with Gasteiger partial charge < -0.3 is 4.74 Å². The molecule has 0 N–H and O–H groups in total. The SMILES string of the molecule is Cc1nc2cc(-c3nc([C@@H]4CCO[C@@H](c5cnn(C6CC6)c5)C4)nc4nc(C)c(C)nc34)ccc2s1. The van der Waals surface area contributed by atoms with E-state index in [0.29, 0.717) is 18.3 Å². The summed E-state index contributed by atoms with van der Waals surface area (Å²) in [6, 6.07) is 6.91. The molecule has 1 aliphatic carbocycles. The molecule has 1 saturated carbocycles. The van der Waals surface area contributed by atoms with Gasteiger partial charge in [-0.2, -0.15) is 5.10 Å². The summed E-state index contributed by atoms with van der Waals surface area (Å²) in [5.41, 5.74) is 7.11. The van der Waals surface area contributed by atoms with Gasteiger partial charge in [0.25, 0.3) is 0 Å². The van der Waals surface area contributed by atoms with Crippen LogP contribution in [0.4, 0.5) is 0 Å². The van der Waals surface area contributed by atoms with E-state index in [4.69, 9.17) is 29.7 Å². The fourth-order valence-corrected chi connectivity index (χ4v) is 5.83. The van der Waals surface area contributed by atoms with Gasteiger partial charge in [-0.25, -0.2) is 24.9 Å². The van der Waals surface area contributed by atoms with Gasteiger partial charge in [0.05, 0.1) is 45.0 Å². The molecule has 7 rings (SSSR count). The van der Waals surface area contributed by atoms with Gasteiger partial charge in [0.2, 0.25) is 0 Å². The first-order chi connectivity index (χ1) is 17.5. The number of aromatic nitrogens is 7. The normalized spacial score (nSPS) is 20.4. The highest BCUT2D eigenvalue weighted by Crippen LogP contribution is 2.40. The molecule has 4 aromatic heterocycles.